The zero-order chi connectivity index (χ0) is 7.73. The molecule has 0 saturated heterocycles. The Bertz CT molecular complexity index is 215. The smallest absolute Gasteiger partial charge is 0.0483 e. The molecule has 0 aromatic rings. The molecule has 1 aliphatic heterocycles. The van der Waals surface area contributed by atoms with E-state index < -0.39 is 0 Å². The third-order valence-corrected chi connectivity index (χ3v) is 2.79. The van der Waals surface area contributed by atoms with E-state index in [9.17, 15) is 0 Å². The maximum absolute atomic E-state index is 4.48. The molecular formula is C10H15N. The molecule has 2 rings (SSSR count). The first kappa shape index (κ1) is 7.08. The first-order chi connectivity index (χ1) is 5.31. The average molecular weight is 149 g/mol. The van der Waals surface area contributed by atoms with Gasteiger partial charge in [-0.1, -0.05) is 12.2 Å². The van der Waals surface area contributed by atoms with Crippen LogP contribution in [0.2, 0.25) is 0 Å². The summed E-state index contributed by atoms with van der Waals surface area (Å²) in [5, 5.41) is 0. The third-order valence-electron chi connectivity index (χ3n) is 2.79. The molecule has 1 heterocycles. The van der Waals surface area contributed by atoms with Crippen molar-refractivity contribution in [3.05, 3.63) is 12.2 Å². The molecule has 0 unspecified atom stereocenters. The lowest BCUT2D eigenvalue weighted by atomic mass is 9.77. The van der Waals surface area contributed by atoms with Gasteiger partial charge in [-0.15, -0.1) is 0 Å². The fourth-order valence-electron chi connectivity index (χ4n) is 2.18. The lowest BCUT2D eigenvalue weighted by Gasteiger charge is -2.26. The van der Waals surface area contributed by atoms with Gasteiger partial charge in [-0.05, 0) is 32.6 Å². The summed E-state index contributed by atoms with van der Waals surface area (Å²) in [6, 6.07) is 0. The second-order valence-corrected chi connectivity index (χ2v) is 3.89. The molecule has 1 atom stereocenters. The van der Waals surface area contributed by atoms with Gasteiger partial charge in [0.05, 0.1) is 0 Å². The van der Waals surface area contributed by atoms with Gasteiger partial charge in [-0.3, -0.25) is 4.99 Å². The highest BCUT2D eigenvalue weighted by molar-refractivity contribution is 5.84. The first-order valence-corrected chi connectivity index (χ1v) is 4.48. The normalized spacial score (nSPS) is 36.3. The maximum Gasteiger partial charge on any atom is 0.0483 e. The number of hydrogen-bond donors (Lipinski definition) is 0. The van der Waals surface area contributed by atoms with Crippen LogP contribution in [-0.4, -0.2) is 12.3 Å². The highest BCUT2D eigenvalue weighted by atomic mass is 14.8. The van der Waals surface area contributed by atoms with Gasteiger partial charge >= 0.3 is 0 Å². The minimum atomic E-state index is 0.461. The molecule has 0 radical (unpaired) electrons. The molecule has 1 nitrogen and oxygen atoms in total. The fourth-order valence-corrected chi connectivity index (χ4v) is 2.18. The van der Waals surface area contributed by atoms with Crippen molar-refractivity contribution in [1.82, 2.24) is 0 Å². The second kappa shape index (κ2) is 2.47. The van der Waals surface area contributed by atoms with E-state index in [4.69, 9.17) is 0 Å². The second-order valence-electron chi connectivity index (χ2n) is 3.89. The van der Waals surface area contributed by atoms with Crippen LogP contribution in [0.4, 0.5) is 0 Å². The molecule has 2 aliphatic rings. The molecule has 0 aromatic carbocycles. The maximum atomic E-state index is 4.48. The Morgan fingerprint density at radius 1 is 1.55 bits per heavy atom. The van der Waals surface area contributed by atoms with Crippen LogP contribution < -0.4 is 0 Å². The van der Waals surface area contributed by atoms with E-state index in [-0.39, 0.29) is 0 Å². The van der Waals surface area contributed by atoms with E-state index in [0.29, 0.717) is 5.41 Å². The van der Waals surface area contributed by atoms with Crippen LogP contribution in [0.15, 0.2) is 17.1 Å². The van der Waals surface area contributed by atoms with E-state index in [2.05, 4.69) is 24.1 Å². The van der Waals surface area contributed by atoms with Gasteiger partial charge in [-0.25, -0.2) is 0 Å². The monoisotopic (exact) mass is 149 g/mol. The summed E-state index contributed by atoms with van der Waals surface area (Å²) in [6.45, 7) is 3.20. The molecule has 11 heavy (non-hydrogen) atoms. The molecule has 0 bridgehead atoms. The molecule has 0 amide bonds. The van der Waals surface area contributed by atoms with Crippen LogP contribution in [0, 0.1) is 5.41 Å². The Morgan fingerprint density at radius 2 is 2.45 bits per heavy atom. The quantitative estimate of drug-likeness (QED) is 0.469. The van der Waals surface area contributed by atoms with E-state index in [0.717, 1.165) is 6.54 Å². The van der Waals surface area contributed by atoms with Crippen molar-refractivity contribution in [1.29, 1.82) is 0 Å². The van der Waals surface area contributed by atoms with Crippen molar-refractivity contribution in [2.24, 2.45) is 10.4 Å². The molecular weight excluding hydrogens is 134 g/mol. The van der Waals surface area contributed by atoms with E-state index in [1.165, 1.54) is 31.4 Å². The Labute approximate surface area is 68.2 Å². The lowest BCUT2D eigenvalue weighted by Crippen LogP contribution is -2.21. The minimum Gasteiger partial charge on any atom is -0.293 e. The van der Waals surface area contributed by atoms with Crippen LogP contribution >= 0.6 is 0 Å². The van der Waals surface area contributed by atoms with Crippen LogP contribution in [0.5, 0.6) is 0 Å². The number of hydrogen-bond acceptors (Lipinski definition) is 1. The summed E-state index contributed by atoms with van der Waals surface area (Å²) in [5.41, 5.74) is 1.80. The summed E-state index contributed by atoms with van der Waals surface area (Å²) in [4.78, 5) is 4.48. The zero-order valence-electron chi connectivity index (χ0n) is 7.14. The molecule has 0 fully saturated rings. The Morgan fingerprint density at radius 3 is 3.00 bits per heavy atom. The number of nitrogens with zero attached hydrogens (tertiary/aromatic N) is 1. The van der Waals surface area contributed by atoms with E-state index in [1.54, 1.807) is 0 Å². The van der Waals surface area contributed by atoms with Crippen molar-refractivity contribution in [2.45, 2.75) is 32.6 Å². The van der Waals surface area contributed by atoms with Gasteiger partial charge in [0, 0.05) is 17.7 Å². The molecule has 0 N–H and O–H groups in total. The van der Waals surface area contributed by atoms with E-state index >= 15 is 0 Å². The number of rotatable bonds is 0. The van der Waals surface area contributed by atoms with E-state index in [1.807, 2.05) is 0 Å². The summed E-state index contributed by atoms with van der Waals surface area (Å²) in [7, 11) is 0. The minimum absolute atomic E-state index is 0.461. The molecule has 1 aliphatic carbocycles. The van der Waals surface area contributed by atoms with Gasteiger partial charge in [-0.2, -0.15) is 0 Å². The van der Waals surface area contributed by atoms with Crippen LogP contribution in [0.3, 0.4) is 0 Å². The highest BCUT2D eigenvalue weighted by Gasteiger charge is 2.32. The standard InChI is InChI=1S/C10H15N/c1-9-7-10(8-11-9)5-3-2-4-6-10/h3,5H,2,4,6-8H2,1H3/t10-/m1/s1. The summed E-state index contributed by atoms with van der Waals surface area (Å²) >= 11 is 0. The topological polar surface area (TPSA) is 12.4 Å². The predicted molar refractivity (Wildman–Crippen MR) is 48.0 cm³/mol. The SMILES string of the molecule is CC1=NC[C@@]2(C=CCCC2)C1. The number of allylic oxidation sites excluding steroid dienone is 1. The van der Waals surface area contributed by atoms with Crippen LogP contribution in [-0.2, 0) is 0 Å². The summed E-state index contributed by atoms with van der Waals surface area (Å²) < 4.78 is 0. The van der Waals surface area contributed by atoms with Crippen LogP contribution in [0.25, 0.3) is 0 Å². The predicted octanol–water partition coefficient (Wildman–Crippen LogP) is 2.58. The Balaban J connectivity index is 2.13. The Kier molecular flexibility index (Phi) is 1.59. The highest BCUT2D eigenvalue weighted by Crippen LogP contribution is 2.38. The molecule has 60 valence electrons. The van der Waals surface area contributed by atoms with Crippen molar-refractivity contribution < 1.29 is 0 Å². The Hall–Kier alpha value is -0.590. The molecule has 1 spiro atoms. The molecule has 1 heteroatoms. The van der Waals surface area contributed by atoms with Gasteiger partial charge < -0.3 is 0 Å². The zero-order valence-corrected chi connectivity index (χ0v) is 7.14. The van der Waals surface area contributed by atoms with Gasteiger partial charge in [0.1, 0.15) is 0 Å². The first-order valence-electron chi connectivity index (χ1n) is 4.48. The third kappa shape index (κ3) is 1.24. The average Bonchev–Trinajstić information content (AvgIpc) is 2.34. The van der Waals surface area contributed by atoms with Gasteiger partial charge in [0.2, 0.25) is 0 Å². The van der Waals surface area contributed by atoms with Gasteiger partial charge in [0.25, 0.3) is 0 Å². The van der Waals surface area contributed by atoms with Crippen LogP contribution in [0.1, 0.15) is 32.6 Å². The largest absolute Gasteiger partial charge is 0.293 e. The molecule has 0 saturated carbocycles. The molecule has 0 aromatic heterocycles. The van der Waals surface area contributed by atoms with Crippen molar-refractivity contribution in [3.8, 4) is 0 Å². The fraction of sp³-hybridized carbons (Fsp3) is 0.700. The van der Waals surface area contributed by atoms with Crippen molar-refractivity contribution in [3.63, 3.8) is 0 Å². The van der Waals surface area contributed by atoms with Crippen molar-refractivity contribution in [2.75, 3.05) is 6.54 Å². The summed E-state index contributed by atoms with van der Waals surface area (Å²) in [6.07, 6.45) is 9.93. The summed E-state index contributed by atoms with van der Waals surface area (Å²) in [5.74, 6) is 0. The number of aliphatic imine (C=N–C) groups is 1. The lowest BCUT2D eigenvalue weighted by molar-refractivity contribution is 0.371. The van der Waals surface area contributed by atoms with Gasteiger partial charge in [0.15, 0.2) is 0 Å². The van der Waals surface area contributed by atoms with Crippen molar-refractivity contribution >= 4 is 5.71 Å².